The number of ether oxygens (including phenoxy) is 2. The summed E-state index contributed by atoms with van der Waals surface area (Å²) in [5.41, 5.74) is 8.62. The summed E-state index contributed by atoms with van der Waals surface area (Å²) < 4.78 is 11.2. The Morgan fingerprint density at radius 1 is 1.09 bits per heavy atom. The minimum Gasteiger partial charge on any atom is -0.475 e. The van der Waals surface area contributed by atoms with Gasteiger partial charge < -0.3 is 15.2 Å². The molecule has 22 heavy (non-hydrogen) atoms. The average molecular weight is 301 g/mol. The first-order valence-electron chi connectivity index (χ1n) is 7.52. The van der Waals surface area contributed by atoms with Crippen molar-refractivity contribution in [3.8, 4) is 17.1 Å². The fourth-order valence-corrected chi connectivity index (χ4v) is 2.16. The van der Waals surface area contributed by atoms with E-state index >= 15 is 0 Å². The van der Waals surface area contributed by atoms with Gasteiger partial charge in [-0.15, -0.1) is 0 Å². The molecule has 1 aromatic carbocycles. The number of hydrogen-bond acceptors (Lipinski definition) is 5. The molecule has 5 nitrogen and oxygen atoms in total. The lowest BCUT2D eigenvalue weighted by atomic mass is 10.1. The van der Waals surface area contributed by atoms with Crippen molar-refractivity contribution in [2.45, 2.75) is 39.9 Å². The molecule has 0 aliphatic rings. The second-order valence-electron chi connectivity index (χ2n) is 5.34. The Morgan fingerprint density at radius 3 is 2.36 bits per heavy atom. The highest BCUT2D eigenvalue weighted by atomic mass is 16.5. The van der Waals surface area contributed by atoms with E-state index in [1.807, 2.05) is 52.0 Å². The molecular formula is C17H23N3O2. The molecule has 0 bridgehead atoms. The van der Waals surface area contributed by atoms with Gasteiger partial charge in [0.15, 0.2) is 0 Å². The first kappa shape index (κ1) is 16.2. The zero-order valence-electron chi connectivity index (χ0n) is 13.5. The van der Waals surface area contributed by atoms with E-state index in [2.05, 4.69) is 9.97 Å². The third kappa shape index (κ3) is 4.18. The Hall–Kier alpha value is -2.14. The number of benzene rings is 1. The second kappa shape index (κ2) is 7.22. The van der Waals surface area contributed by atoms with Gasteiger partial charge in [0, 0.05) is 18.2 Å². The van der Waals surface area contributed by atoms with Crippen LogP contribution >= 0.6 is 0 Å². The van der Waals surface area contributed by atoms with Crippen LogP contribution in [0.3, 0.4) is 0 Å². The van der Waals surface area contributed by atoms with Gasteiger partial charge in [0.2, 0.25) is 11.8 Å². The standard InChI is InChI=1S/C17H23N3O2/c1-5-21-12(4)13-6-8-14(9-7-13)15-10-16(22-11(2)3)20-17(18)19-15/h6-12H,5H2,1-4H3,(H2,18,19,20). The molecule has 0 spiro atoms. The van der Waals surface area contributed by atoms with E-state index in [4.69, 9.17) is 15.2 Å². The third-order valence-electron chi connectivity index (χ3n) is 3.17. The van der Waals surface area contributed by atoms with Crippen molar-refractivity contribution in [3.63, 3.8) is 0 Å². The quantitative estimate of drug-likeness (QED) is 0.882. The molecule has 1 unspecified atom stereocenters. The molecule has 1 aromatic heterocycles. The van der Waals surface area contributed by atoms with Crippen LogP contribution < -0.4 is 10.5 Å². The monoisotopic (exact) mass is 301 g/mol. The van der Waals surface area contributed by atoms with E-state index in [1.54, 1.807) is 6.07 Å². The molecule has 118 valence electrons. The molecule has 0 aliphatic carbocycles. The van der Waals surface area contributed by atoms with E-state index < -0.39 is 0 Å². The van der Waals surface area contributed by atoms with E-state index in [0.29, 0.717) is 12.5 Å². The molecule has 1 atom stereocenters. The predicted molar refractivity (Wildman–Crippen MR) is 87.7 cm³/mol. The highest BCUT2D eigenvalue weighted by Gasteiger charge is 2.09. The Balaban J connectivity index is 2.26. The Labute approximate surface area is 131 Å². The lowest BCUT2D eigenvalue weighted by Gasteiger charge is -2.13. The van der Waals surface area contributed by atoms with Crippen LogP contribution in [-0.2, 0) is 4.74 Å². The van der Waals surface area contributed by atoms with Gasteiger partial charge in [-0.3, -0.25) is 0 Å². The van der Waals surface area contributed by atoms with Gasteiger partial charge in [0.25, 0.3) is 0 Å². The summed E-state index contributed by atoms with van der Waals surface area (Å²) in [6.07, 6.45) is 0.117. The van der Waals surface area contributed by atoms with Crippen LogP contribution in [0.4, 0.5) is 5.95 Å². The third-order valence-corrected chi connectivity index (χ3v) is 3.17. The highest BCUT2D eigenvalue weighted by molar-refractivity contribution is 5.61. The topological polar surface area (TPSA) is 70.3 Å². The Bertz CT molecular complexity index is 612. The summed E-state index contributed by atoms with van der Waals surface area (Å²) in [5.74, 6) is 0.698. The van der Waals surface area contributed by atoms with Gasteiger partial charge >= 0.3 is 0 Å². The van der Waals surface area contributed by atoms with Gasteiger partial charge in [0.05, 0.1) is 17.9 Å². The minimum absolute atomic E-state index is 0.0385. The summed E-state index contributed by atoms with van der Waals surface area (Å²) in [4.78, 5) is 8.37. The summed E-state index contributed by atoms with van der Waals surface area (Å²) in [5, 5.41) is 0. The zero-order chi connectivity index (χ0) is 16.1. The van der Waals surface area contributed by atoms with Crippen molar-refractivity contribution in [3.05, 3.63) is 35.9 Å². The number of rotatable bonds is 6. The first-order valence-corrected chi connectivity index (χ1v) is 7.52. The second-order valence-corrected chi connectivity index (χ2v) is 5.34. The van der Waals surface area contributed by atoms with Gasteiger partial charge in [0.1, 0.15) is 0 Å². The van der Waals surface area contributed by atoms with Crippen LogP contribution in [0.15, 0.2) is 30.3 Å². The van der Waals surface area contributed by atoms with Gasteiger partial charge in [-0.1, -0.05) is 24.3 Å². The van der Waals surface area contributed by atoms with Crippen LogP contribution in [-0.4, -0.2) is 22.7 Å². The summed E-state index contributed by atoms with van der Waals surface area (Å²) >= 11 is 0. The molecule has 2 rings (SSSR count). The van der Waals surface area contributed by atoms with E-state index in [0.717, 1.165) is 16.8 Å². The fourth-order valence-electron chi connectivity index (χ4n) is 2.16. The molecule has 1 heterocycles. The maximum absolute atomic E-state index is 5.77. The molecule has 0 saturated heterocycles. The van der Waals surface area contributed by atoms with Crippen molar-refractivity contribution in [1.29, 1.82) is 0 Å². The summed E-state index contributed by atoms with van der Waals surface area (Å²) in [6.45, 7) is 8.62. The Morgan fingerprint density at radius 2 is 1.77 bits per heavy atom. The first-order chi connectivity index (χ1) is 10.5. The molecule has 2 N–H and O–H groups in total. The summed E-state index contributed by atoms with van der Waals surface area (Å²) in [7, 11) is 0. The maximum atomic E-state index is 5.77. The molecule has 0 aliphatic heterocycles. The number of nitrogen functional groups attached to an aromatic ring is 1. The molecule has 0 radical (unpaired) electrons. The van der Waals surface area contributed by atoms with Crippen molar-refractivity contribution < 1.29 is 9.47 Å². The smallest absolute Gasteiger partial charge is 0.223 e. The lowest BCUT2D eigenvalue weighted by molar-refractivity contribution is 0.0764. The highest BCUT2D eigenvalue weighted by Crippen LogP contribution is 2.25. The van der Waals surface area contributed by atoms with Crippen molar-refractivity contribution in [1.82, 2.24) is 9.97 Å². The molecule has 0 saturated carbocycles. The Kier molecular flexibility index (Phi) is 5.33. The lowest BCUT2D eigenvalue weighted by Crippen LogP contribution is -2.08. The van der Waals surface area contributed by atoms with E-state index in [1.165, 1.54) is 0 Å². The van der Waals surface area contributed by atoms with E-state index in [9.17, 15) is 0 Å². The minimum atomic E-state index is 0.0385. The number of anilines is 1. The van der Waals surface area contributed by atoms with Crippen LogP contribution in [0.25, 0.3) is 11.3 Å². The molecule has 0 amide bonds. The van der Waals surface area contributed by atoms with Crippen LogP contribution in [0.1, 0.15) is 39.4 Å². The molecular weight excluding hydrogens is 278 g/mol. The normalized spacial score (nSPS) is 12.4. The number of hydrogen-bond donors (Lipinski definition) is 1. The van der Waals surface area contributed by atoms with Crippen molar-refractivity contribution in [2.24, 2.45) is 0 Å². The van der Waals surface area contributed by atoms with Gasteiger partial charge in [-0.2, -0.15) is 4.98 Å². The van der Waals surface area contributed by atoms with Gasteiger partial charge in [-0.05, 0) is 33.3 Å². The fraction of sp³-hybridized carbons (Fsp3) is 0.412. The van der Waals surface area contributed by atoms with Crippen LogP contribution in [0.2, 0.25) is 0 Å². The van der Waals surface area contributed by atoms with Crippen LogP contribution in [0.5, 0.6) is 5.88 Å². The zero-order valence-corrected chi connectivity index (χ0v) is 13.5. The van der Waals surface area contributed by atoms with E-state index in [-0.39, 0.29) is 18.2 Å². The average Bonchev–Trinajstić information content (AvgIpc) is 2.46. The number of nitrogens with two attached hydrogens (primary N) is 1. The SMILES string of the molecule is CCOC(C)c1ccc(-c2cc(OC(C)C)nc(N)n2)cc1. The predicted octanol–water partition coefficient (Wildman–Crippen LogP) is 3.61. The summed E-state index contributed by atoms with van der Waals surface area (Å²) in [6, 6.07) is 9.89. The van der Waals surface area contributed by atoms with Crippen molar-refractivity contribution in [2.75, 3.05) is 12.3 Å². The molecule has 5 heteroatoms. The number of aromatic nitrogens is 2. The van der Waals surface area contributed by atoms with Gasteiger partial charge in [-0.25, -0.2) is 4.98 Å². The maximum Gasteiger partial charge on any atom is 0.223 e. The largest absolute Gasteiger partial charge is 0.475 e. The van der Waals surface area contributed by atoms with Crippen molar-refractivity contribution >= 4 is 5.95 Å². The molecule has 2 aromatic rings. The molecule has 0 fully saturated rings. The number of nitrogens with zero attached hydrogens (tertiary/aromatic N) is 2. The van der Waals surface area contributed by atoms with Crippen LogP contribution in [0, 0.1) is 0 Å².